The summed E-state index contributed by atoms with van der Waals surface area (Å²) in [5.74, 6) is -21.1. The molecule has 33 nitrogen and oxygen atoms in total. The van der Waals surface area contributed by atoms with Gasteiger partial charge in [0.05, 0.1) is 40.3 Å². The van der Waals surface area contributed by atoms with Crippen LogP contribution < -0.4 is 0 Å². The Bertz CT molecular complexity index is 3280. The zero-order valence-electron chi connectivity index (χ0n) is 70.1. The number of hydrogen-bond acceptors (Lipinski definition) is 32. The molecule has 668 valence electrons. The summed E-state index contributed by atoms with van der Waals surface area (Å²) in [6, 6.07) is 0. The molecule has 3 aliphatic heterocycles. The highest BCUT2D eigenvalue weighted by Gasteiger charge is 2.61. The van der Waals surface area contributed by atoms with Crippen molar-refractivity contribution in [2.24, 2.45) is 50.2 Å². The quantitative estimate of drug-likeness (QED) is 0.0180. The molecule has 2 fully saturated rings. The number of alkyl halides is 8. The summed E-state index contributed by atoms with van der Waals surface area (Å²) in [6.07, 6.45) is 1.22. The van der Waals surface area contributed by atoms with Crippen molar-refractivity contribution in [2.45, 2.75) is 212 Å². The van der Waals surface area contributed by atoms with Crippen LogP contribution in [0.1, 0.15) is 165 Å². The van der Waals surface area contributed by atoms with Gasteiger partial charge in [-0.25, -0.2) is 0 Å². The molecule has 2 bridgehead atoms. The highest BCUT2D eigenvalue weighted by molar-refractivity contribution is 9.11. The molecular formula is C77H107Br8NO32. The predicted molar refractivity (Wildman–Crippen MR) is 445 cm³/mol. The van der Waals surface area contributed by atoms with E-state index in [1.807, 2.05) is 0 Å². The van der Waals surface area contributed by atoms with Crippen LogP contribution in [0.3, 0.4) is 0 Å². The minimum atomic E-state index is -2.49. The summed E-state index contributed by atoms with van der Waals surface area (Å²) in [5, 5.41) is 0. The van der Waals surface area contributed by atoms with Crippen molar-refractivity contribution in [3.63, 3.8) is 0 Å². The number of halogens is 8. The van der Waals surface area contributed by atoms with E-state index in [0.29, 0.717) is 0 Å². The molecule has 3 heterocycles. The number of nitrogens with zero attached hydrogens (tertiary/aromatic N) is 1. The first kappa shape index (κ1) is 107. The molecule has 0 aromatic heterocycles. The van der Waals surface area contributed by atoms with Crippen molar-refractivity contribution in [2.75, 3.05) is 99.0 Å². The van der Waals surface area contributed by atoms with Gasteiger partial charge in [0.15, 0.2) is 0 Å². The maximum atomic E-state index is 15.3. The number of fused-ring (bicyclic) bond motifs is 5. The third-order valence-corrected chi connectivity index (χ3v) is 21.1. The van der Waals surface area contributed by atoms with Crippen LogP contribution in [-0.2, 0) is 153 Å². The Morgan fingerprint density at radius 1 is 0.305 bits per heavy atom. The maximum absolute atomic E-state index is 15.3. The fraction of sp³-hybridized carbons (Fsp3) is 0.753. The zero-order chi connectivity index (χ0) is 91.3. The molecule has 0 aliphatic carbocycles. The summed E-state index contributed by atoms with van der Waals surface area (Å²) < 4.78 is 74.6. The van der Waals surface area contributed by atoms with Crippen LogP contribution in [0.2, 0.25) is 0 Å². The molecule has 0 spiro atoms. The van der Waals surface area contributed by atoms with Crippen molar-refractivity contribution < 1.29 is 153 Å². The molecule has 0 radical (unpaired) electrons. The summed E-state index contributed by atoms with van der Waals surface area (Å²) in [5.41, 5.74) is -13.2. The average Bonchev–Trinajstić information content (AvgIpc) is 1.57. The molecule has 2 amide bonds. The normalized spacial score (nSPS) is 18.0. The van der Waals surface area contributed by atoms with Crippen molar-refractivity contribution in [1.29, 1.82) is 0 Å². The Labute approximate surface area is 753 Å². The molecule has 2 saturated heterocycles. The van der Waals surface area contributed by atoms with Gasteiger partial charge >= 0.3 is 83.6 Å². The minimum absolute atomic E-state index is 0.313. The maximum Gasteiger partial charge on any atom is 0.322 e. The molecule has 0 saturated carbocycles. The van der Waals surface area contributed by atoms with Crippen LogP contribution in [0, 0.1) is 50.2 Å². The van der Waals surface area contributed by atoms with Gasteiger partial charge in [0.25, 0.3) is 0 Å². The smallest absolute Gasteiger partial charge is 0.322 e. The van der Waals surface area contributed by atoms with E-state index in [9.17, 15) is 71.9 Å². The molecule has 0 aromatic rings. The zero-order valence-corrected chi connectivity index (χ0v) is 82.8. The first-order valence-electron chi connectivity index (χ1n) is 36.9. The SMILES string of the molecule is CC(C)(Br)C(=O)CCC(C)(COC(=O)C(C)(C)Br)C(=O)OCC(C)(COC(=O)C(C)(COC(=O)C(C)(C)Br)COC(=O)C(C)(C)Br)C(=O)OCC(COC(=O)C(C)(COC(=O)C(C)(COC(=O)C(C)(C)Br)COC(=O)C(C)(C)Br)COC(=O)C(C)(COC(=O)C(C)(C)Br)COC(=O)C(C)(C)Br)C(=O)OCCN1C(=O)C2C3C=CC(O3)C2C1=O. The number of Topliss-reactive ketones (excluding diaryl/α,β-unsaturated/α-hetero) is 1. The van der Waals surface area contributed by atoms with E-state index in [1.54, 1.807) is 26.0 Å². The van der Waals surface area contributed by atoms with Crippen LogP contribution >= 0.6 is 127 Å². The summed E-state index contributed by atoms with van der Waals surface area (Å²) >= 11 is 25.7. The number of rotatable bonds is 47. The lowest BCUT2D eigenvalue weighted by atomic mass is 9.84. The number of ether oxygens (including phenoxy) is 15. The first-order valence-corrected chi connectivity index (χ1v) is 43.2. The van der Waals surface area contributed by atoms with E-state index in [1.165, 1.54) is 125 Å². The van der Waals surface area contributed by atoms with Crippen molar-refractivity contribution >= 4 is 229 Å². The molecular weight excluding hydrogens is 2090 g/mol. The molecule has 41 heteroatoms. The molecule has 3 rings (SSSR count). The van der Waals surface area contributed by atoms with Crippen molar-refractivity contribution in [3.05, 3.63) is 12.2 Å². The number of amides is 2. The van der Waals surface area contributed by atoms with Gasteiger partial charge in [0, 0.05) is 6.42 Å². The molecule has 0 aromatic carbocycles. The topological polar surface area (TPSA) is 432 Å². The molecule has 3 aliphatic rings. The Morgan fingerprint density at radius 3 is 0.729 bits per heavy atom. The molecule has 118 heavy (non-hydrogen) atoms. The minimum Gasteiger partial charge on any atom is -0.464 e. The van der Waals surface area contributed by atoms with E-state index < -0.39 is 297 Å². The summed E-state index contributed by atoms with van der Waals surface area (Å²) in [4.78, 5) is 238. The van der Waals surface area contributed by atoms with Gasteiger partial charge in [0.2, 0.25) is 11.8 Å². The Balaban J connectivity index is 2.35. The predicted octanol–water partition coefficient (Wildman–Crippen LogP) is 9.92. The number of carbonyl (C=O) groups is 17. The van der Waals surface area contributed by atoms with E-state index in [4.69, 9.17) is 71.1 Å². The Morgan fingerprint density at radius 2 is 0.508 bits per heavy atom. The van der Waals surface area contributed by atoms with Crippen LogP contribution in [0.15, 0.2) is 12.2 Å². The third kappa shape index (κ3) is 31.0. The Kier molecular flexibility index (Phi) is 37.8. The third-order valence-electron chi connectivity index (χ3n) is 18.4. The largest absolute Gasteiger partial charge is 0.464 e. The van der Waals surface area contributed by atoms with Gasteiger partial charge in [-0.05, 0) is 159 Å². The van der Waals surface area contributed by atoms with Crippen LogP contribution in [0.4, 0.5) is 0 Å². The van der Waals surface area contributed by atoms with Crippen LogP contribution in [0.25, 0.3) is 0 Å². The number of ketones is 1. The van der Waals surface area contributed by atoms with Crippen molar-refractivity contribution in [3.8, 4) is 0 Å². The summed E-state index contributed by atoms with van der Waals surface area (Å²) in [6.45, 7) is 16.2. The highest BCUT2D eigenvalue weighted by atomic mass is 79.9. The van der Waals surface area contributed by atoms with Gasteiger partial charge < -0.3 is 71.1 Å². The van der Waals surface area contributed by atoms with Gasteiger partial charge in [0.1, 0.15) is 162 Å². The van der Waals surface area contributed by atoms with E-state index in [2.05, 4.69) is 127 Å². The van der Waals surface area contributed by atoms with E-state index in [0.717, 1.165) is 18.7 Å². The molecule has 7 unspecified atom stereocenters. The lowest BCUT2D eigenvalue weighted by molar-refractivity contribution is -0.184. The summed E-state index contributed by atoms with van der Waals surface area (Å²) in [7, 11) is 0. The molecule has 7 atom stereocenters. The lowest BCUT2D eigenvalue weighted by Gasteiger charge is -2.33. The Hall–Kier alpha value is -5.07. The molecule has 0 N–H and O–H groups in total. The van der Waals surface area contributed by atoms with E-state index >= 15 is 9.59 Å². The second kappa shape index (κ2) is 41.6. The fourth-order valence-corrected chi connectivity index (χ4v) is 10.9. The second-order valence-corrected chi connectivity index (χ2v) is 50.7. The first-order chi connectivity index (χ1) is 53.2. The van der Waals surface area contributed by atoms with Gasteiger partial charge in [-0.3, -0.25) is 86.4 Å². The van der Waals surface area contributed by atoms with Gasteiger partial charge in [-0.2, -0.15) is 0 Å². The monoisotopic (exact) mass is 2190 g/mol. The number of esters is 14. The van der Waals surface area contributed by atoms with Gasteiger partial charge in [-0.1, -0.05) is 140 Å². The van der Waals surface area contributed by atoms with Crippen LogP contribution in [0.5, 0.6) is 0 Å². The average molecular weight is 2200 g/mol. The second-order valence-electron chi connectivity index (χ2n) is 34.8. The fourth-order valence-electron chi connectivity index (χ4n) is 9.92. The van der Waals surface area contributed by atoms with Crippen LogP contribution in [-0.4, -0.2) is 252 Å². The number of carbonyl (C=O) groups excluding carboxylic acids is 17. The standard InChI is InChI=1S/C77H107Br8NO32/c1-64(2,78)45(87)25-26-72(17,31-107-51(91)65(3,4)79)58(98)114-38-73(18,39-115-61(101)75(20,32-108-52(92)66(5,6)80)33-109-53(93)67(7,8)81)59(99)105-29-42(50(90)104-28-27-86-48(88)46-43-23-24-44(118-43)47(46)49(86)89)30-106-60(100)74(19,40-116-62(102)76(21,34-110-54(94)68(9,10)82)35-111-55(95)69(11,12)83)41-117-63(103)77(22,36-112-56(96)70(13,14)84)37-113-57(97)71(15,16)85/h23-24,42-44,46-47H,25-41H2,1-22H3. The lowest BCUT2D eigenvalue weighted by Crippen LogP contribution is -2.48. The number of likely N-dealkylation sites (tertiary alicyclic amines) is 1. The van der Waals surface area contributed by atoms with Crippen molar-refractivity contribution in [1.82, 2.24) is 4.90 Å². The highest BCUT2D eigenvalue weighted by Crippen LogP contribution is 2.45. The number of hydrogen-bond donors (Lipinski definition) is 0. The van der Waals surface area contributed by atoms with Gasteiger partial charge in [-0.15, -0.1) is 0 Å². The van der Waals surface area contributed by atoms with E-state index in [-0.39, 0.29) is 12.8 Å². The number of imide groups is 1.